The highest BCUT2D eigenvalue weighted by Gasteiger charge is 2.33. The van der Waals surface area contributed by atoms with E-state index < -0.39 is 28.5 Å². The molecule has 0 fully saturated rings. The maximum Gasteiger partial charge on any atom is 0.264 e. The second-order valence-corrected chi connectivity index (χ2v) is 10.8. The van der Waals surface area contributed by atoms with Gasteiger partial charge in [-0.15, -0.1) is 0 Å². The molecule has 3 rings (SSSR count). The lowest BCUT2D eigenvalue weighted by atomic mass is 10.1. The summed E-state index contributed by atoms with van der Waals surface area (Å²) in [6, 6.07) is 20.6. The first kappa shape index (κ1) is 29.0. The Bertz CT molecular complexity index is 1320. The van der Waals surface area contributed by atoms with E-state index in [9.17, 15) is 18.0 Å². The Morgan fingerprint density at radius 3 is 2.13 bits per heavy atom. The summed E-state index contributed by atoms with van der Waals surface area (Å²) < 4.78 is 33.8. The van der Waals surface area contributed by atoms with Crippen LogP contribution >= 0.6 is 11.6 Å². The molecule has 0 unspecified atom stereocenters. The fourth-order valence-electron chi connectivity index (χ4n) is 4.00. The van der Waals surface area contributed by atoms with Crippen molar-refractivity contribution in [1.82, 2.24) is 10.2 Å². The van der Waals surface area contributed by atoms with E-state index >= 15 is 0 Å². The highest BCUT2D eigenvalue weighted by Crippen LogP contribution is 2.27. The molecule has 0 aliphatic carbocycles. The number of nitrogens with one attached hydrogen (secondary N) is 1. The SMILES string of the molecule is CCNC(=O)[C@@H](CC)N(Cc1ccccc1)C(=O)CN(c1ccc(Cl)cc1)S(=O)(=O)c1ccc(OC)cc1. The molecule has 0 spiro atoms. The number of methoxy groups -OCH3 is 1. The average Bonchev–Trinajstić information content (AvgIpc) is 2.92. The predicted molar refractivity (Wildman–Crippen MR) is 149 cm³/mol. The number of halogens is 1. The quantitative estimate of drug-likeness (QED) is 0.354. The van der Waals surface area contributed by atoms with Gasteiger partial charge in [-0.05, 0) is 67.4 Å². The van der Waals surface area contributed by atoms with Crippen LogP contribution in [0, 0.1) is 0 Å². The Morgan fingerprint density at radius 2 is 1.58 bits per heavy atom. The van der Waals surface area contributed by atoms with Gasteiger partial charge in [0.25, 0.3) is 10.0 Å². The molecule has 8 nitrogen and oxygen atoms in total. The number of sulfonamides is 1. The fraction of sp³-hybridized carbons (Fsp3) is 0.286. The normalized spacial score (nSPS) is 11.9. The van der Waals surface area contributed by atoms with E-state index in [4.69, 9.17) is 16.3 Å². The molecule has 38 heavy (non-hydrogen) atoms. The van der Waals surface area contributed by atoms with E-state index in [2.05, 4.69) is 5.32 Å². The summed E-state index contributed by atoms with van der Waals surface area (Å²) in [6.45, 7) is 3.66. The molecule has 0 radical (unpaired) electrons. The van der Waals surface area contributed by atoms with Gasteiger partial charge in [0.2, 0.25) is 11.8 Å². The van der Waals surface area contributed by atoms with E-state index in [1.165, 1.54) is 24.1 Å². The maximum atomic E-state index is 13.9. The van der Waals surface area contributed by atoms with Gasteiger partial charge in [-0.3, -0.25) is 13.9 Å². The van der Waals surface area contributed by atoms with Gasteiger partial charge in [-0.2, -0.15) is 0 Å². The smallest absolute Gasteiger partial charge is 0.264 e. The summed E-state index contributed by atoms with van der Waals surface area (Å²) in [5.74, 6) is -0.311. The molecule has 3 aromatic carbocycles. The summed E-state index contributed by atoms with van der Waals surface area (Å²) in [7, 11) is -2.68. The van der Waals surface area contributed by atoms with Crippen molar-refractivity contribution < 1.29 is 22.7 Å². The van der Waals surface area contributed by atoms with Crippen molar-refractivity contribution >= 4 is 39.1 Å². The van der Waals surface area contributed by atoms with Crippen LogP contribution in [-0.2, 0) is 26.2 Å². The van der Waals surface area contributed by atoms with Crippen molar-refractivity contribution in [2.45, 2.75) is 37.8 Å². The molecule has 1 N–H and O–H groups in total. The standard InChI is InChI=1S/C28H32ClN3O5S/c1-4-26(28(34)30-5-2)31(19-21-9-7-6-8-10-21)27(33)20-32(23-13-11-22(29)12-14-23)38(35,36)25-17-15-24(37-3)16-18-25/h6-18,26H,4-5,19-20H2,1-3H3,(H,30,34)/t26-/m1/s1. The highest BCUT2D eigenvalue weighted by atomic mass is 35.5. The molecule has 2 amide bonds. The number of hydrogen-bond acceptors (Lipinski definition) is 5. The Balaban J connectivity index is 2.04. The Labute approximate surface area is 229 Å². The van der Waals surface area contributed by atoms with Gasteiger partial charge in [-0.1, -0.05) is 48.9 Å². The number of likely N-dealkylation sites (N-methyl/N-ethyl adjacent to an activating group) is 1. The highest BCUT2D eigenvalue weighted by molar-refractivity contribution is 7.92. The van der Waals surface area contributed by atoms with Crippen LogP contribution in [0.3, 0.4) is 0 Å². The predicted octanol–water partition coefficient (Wildman–Crippen LogP) is 4.49. The Kier molecular flexibility index (Phi) is 10.2. The zero-order valence-electron chi connectivity index (χ0n) is 21.6. The zero-order valence-corrected chi connectivity index (χ0v) is 23.2. The summed E-state index contributed by atoms with van der Waals surface area (Å²) in [6.07, 6.45) is 0.358. The van der Waals surface area contributed by atoms with E-state index in [0.29, 0.717) is 23.7 Å². The number of hydrogen-bond donors (Lipinski definition) is 1. The Hall–Kier alpha value is -3.56. The molecule has 0 aromatic heterocycles. The minimum Gasteiger partial charge on any atom is -0.497 e. The van der Waals surface area contributed by atoms with Crippen LogP contribution < -0.4 is 14.4 Å². The average molecular weight is 558 g/mol. The number of anilines is 1. The van der Waals surface area contributed by atoms with Gasteiger partial charge < -0.3 is 15.0 Å². The number of carbonyl (C=O) groups is 2. The van der Waals surface area contributed by atoms with Crippen LogP contribution in [0.25, 0.3) is 0 Å². The van der Waals surface area contributed by atoms with Gasteiger partial charge in [0.15, 0.2) is 0 Å². The number of carbonyl (C=O) groups excluding carboxylic acids is 2. The van der Waals surface area contributed by atoms with Crippen molar-refractivity contribution in [3.8, 4) is 5.75 Å². The summed E-state index contributed by atoms with van der Waals surface area (Å²) >= 11 is 6.05. The molecule has 10 heteroatoms. The van der Waals surface area contributed by atoms with Crippen LogP contribution in [0.2, 0.25) is 5.02 Å². The van der Waals surface area contributed by atoms with Crippen LogP contribution in [-0.4, -0.2) is 51.4 Å². The lowest BCUT2D eigenvalue weighted by Crippen LogP contribution is -2.52. The van der Waals surface area contributed by atoms with Crippen molar-refractivity contribution in [2.24, 2.45) is 0 Å². The summed E-state index contributed by atoms with van der Waals surface area (Å²) in [5.41, 5.74) is 1.09. The van der Waals surface area contributed by atoms with Gasteiger partial charge in [0, 0.05) is 18.1 Å². The van der Waals surface area contributed by atoms with Crippen molar-refractivity contribution in [1.29, 1.82) is 0 Å². The molecule has 0 heterocycles. The van der Waals surface area contributed by atoms with Crippen molar-refractivity contribution in [3.05, 3.63) is 89.4 Å². The molecule has 0 bridgehead atoms. The molecule has 3 aromatic rings. The monoisotopic (exact) mass is 557 g/mol. The van der Waals surface area contributed by atoms with E-state index in [0.717, 1.165) is 9.87 Å². The van der Waals surface area contributed by atoms with Crippen LogP contribution in [0.5, 0.6) is 5.75 Å². The third-order valence-electron chi connectivity index (χ3n) is 5.97. The summed E-state index contributed by atoms with van der Waals surface area (Å²) in [5, 5.41) is 3.21. The molecule has 0 aliphatic rings. The van der Waals surface area contributed by atoms with Crippen molar-refractivity contribution in [3.63, 3.8) is 0 Å². The number of nitrogens with zero attached hydrogens (tertiary/aromatic N) is 2. The minimum absolute atomic E-state index is 0.00794. The molecule has 0 aliphatic heterocycles. The first-order chi connectivity index (χ1) is 18.2. The number of amides is 2. The minimum atomic E-state index is -4.17. The second kappa shape index (κ2) is 13.3. The summed E-state index contributed by atoms with van der Waals surface area (Å²) in [4.78, 5) is 28.2. The lowest BCUT2D eigenvalue weighted by molar-refractivity contribution is -0.140. The largest absolute Gasteiger partial charge is 0.497 e. The zero-order chi connectivity index (χ0) is 27.7. The number of benzene rings is 3. The lowest BCUT2D eigenvalue weighted by Gasteiger charge is -2.33. The molecule has 202 valence electrons. The third kappa shape index (κ3) is 7.05. The van der Waals surface area contributed by atoms with Gasteiger partial charge in [-0.25, -0.2) is 8.42 Å². The van der Waals surface area contributed by atoms with Crippen LogP contribution in [0.15, 0.2) is 83.8 Å². The maximum absolute atomic E-state index is 13.9. The Morgan fingerprint density at radius 1 is 0.947 bits per heavy atom. The molecular weight excluding hydrogens is 526 g/mol. The van der Waals surface area contributed by atoms with Crippen molar-refractivity contribution in [2.75, 3.05) is 24.5 Å². The van der Waals surface area contributed by atoms with Crippen LogP contribution in [0.4, 0.5) is 5.69 Å². The molecule has 1 atom stereocenters. The molecule has 0 saturated heterocycles. The van der Waals surface area contributed by atoms with E-state index in [1.807, 2.05) is 37.3 Å². The van der Waals surface area contributed by atoms with Gasteiger partial charge >= 0.3 is 0 Å². The van der Waals surface area contributed by atoms with Gasteiger partial charge in [0.05, 0.1) is 17.7 Å². The fourth-order valence-corrected chi connectivity index (χ4v) is 5.54. The first-order valence-corrected chi connectivity index (χ1v) is 14.1. The third-order valence-corrected chi connectivity index (χ3v) is 8.01. The first-order valence-electron chi connectivity index (χ1n) is 12.2. The molecule has 0 saturated carbocycles. The second-order valence-electron chi connectivity index (χ2n) is 8.49. The number of ether oxygens (including phenoxy) is 1. The van der Waals surface area contributed by atoms with Gasteiger partial charge in [0.1, 0.15) is 18.3 Å². The van der Waals surface area contributed by atoms with Crippen LogP contribution in [0.1, 0.15) is 25.8 Å². The van der Waals surface area contributed by atoms with E-state index in [1.54, 1.807) is 43.3 Å². The number of rotatable bonds is 12. The topological polar surface area (TPSA) is 96.0 Å². The molecular formula is C28H32ClN3O5S. The van der Waals surface area contributed by atoms with E-state index in [-0.39, 0.29) is 23.0 Å².